The Morgan fingerprint density at radius 2 is 1.93 bits per heavy atom. The van der Waals surface area contributed by atoms with Gasteiger partial charge in [0.25, 0.3) is 0 Å². The van der Waals surface area contributed by atoms with Gasteiger partial charge in [0.2, 0.25) is 0 Å². The van der Waals surface area contributed by atoms with Gasteiger partial charge >= 0.3 is 0 Å². The SMILES string of the molecule is C=C(C)C[C@H](N)c1ccc(CC)cc1. The Hall–Kier alpha value is -1.08. The molecule has 0 bridgehead atoms. The molecule has 0 heterocycles. The molecule has 1 atom stereocenters. The van der Waals surface area contributed by atoms with Crippen molar-refractivity contribution in [1.82, 2.24) is 0 Å². The van der Waals surface area contributed by atoms with Crippen LogP contribution in [0.25, 0.3) is 0 Å². The van der Waals surface area contributed by atoms with Crippen molar-refractivity contribution in [3.8, 4) is 0 Å². The summed E-state index contributed by atoms with van der Waals surface area (Å²) in [4.78, 5) is 0. The first-order valence-electron chi connectivity index (χ1n) is 5.12. The van der Waals surface area contributed by atoms with E-state index in [9.17, 15) is 0 Å². The van der Waals surface area contributed by atoms with Gasteiger partial charge in [-0.1, -0.05) is 36.8 Å². The number of hydrogen-bond acceptors (Lipinski definition) is 1. The molecule has 0 amide bonds. The molecule has 1 aromatic carbocycles. The molecule has 76 valence electrons. The van der Waals surface area contributed by atoms with Gasteiger partial charge in [0.05, 0.1) is 0 Å². The first-order chi connectivity index (χ1) is 6.63. The van der Waals surface area contributed by atoms with Crippen molar-refractivity contribution in [3.05, 3.63) is 47.5 Å². The molecule has 0 aliphatic heterocycles. The highest BCUT2D eigenvalue weighted by molar-refractivity contribution is 5.25. The van der Waals surface area contributed by atoms with E-state index < -0.39 is 0 Å². The molecular formula is C13H19N. The lowest BCUT2D eigenvalue weighted by atomic mass is 10.00. The van der Waals surface area contributed by atoms with E-state index in [1.807, 2.05) is 6.92 Å². The zero-order chi connectivity index (χ0) is 10.6. The largest absolute Gasteiger partial charge is 0.324 e. The molecule has 0 unspecified atom stereocenters. The normalized spacial score (nSPS) is 12.5. The summed E-state index contributed by atoms with van der Waals surface area (Å²) >= 11 is 0. The minimum atomic E-state index is 0.0957. The predicted molar refractivity (Wildman–Crippen MR) is 62.2 cm³/mol. The molecule has 0 aromatic heterocycles. The third-order valence-corrected chi connectivity index (χ3v) is 2.38. The summed E-state index contributed by atoms with van der Waals surface area (Å²) < 4.78 is 0. The first kappa shape index (κ1) is 11.0. The molecular weight excluding hydrogens is 170 g/mol. The van der Waals surface area contributed by atoms with Crippen molar-refractivity contribution in [2.24, 2.45) is 5.73 Å². The second kappa shape index (κ2) is 4.97. The van der Waals surface area contributed by atoms with Gasteiger partial charge in [-0.15, -0.1) is 6.58 Å². The van der Waals surface area contributed by atoms with E-state index in [0.717, 1.165) is 18.4 Å². The van der Waals surface area contributed by atoms with E-state index in [-0.39, 0.29) is 6.04 Å². The molecule has 0 radical (unpaired) electrons. The zero-order valence-corrected chi connectivity index (χ0v) is 9.09. The Morgan fingerprint density at radius 3 is 2.36 bits per heavy atom. The molecule has 14 heavy (non-hydrogen) atoms. The van der Waals surface area contributed by atoms with Crippen LogP contribution in [0.15, 0.2) is 36.4 Å². The fourth-order valence-corrected chi connectivity index (χ4v) is 1.49. The predicted octanol–water partition coefficient (Wildman–Crippen LogP) is 3.22. The molecule has 1 rings (SSSR count). The van der Waals surface area contributed by atoms with Gasteiger partial charge in [0.1, 0.15) is 0 Å². The van der Waals surface area contributed by atoms with E-state index in [2.05, 4.69) is 37.8 Å². The number of rotatable bonds is 4. The monoisotopic (exact) mass is 189 g/mol. The maximum absolute atomic E-state index is 6.03. The quantitative estimate of drug-likeness (QED) is 0.723. The van der Waals surface area contributed by atoms with E-state index in [0.29, 0.717) is 0 Å². The van der Waals surface area contributed by atoms with Crippen LogP contribution in [0.4, 0.5) is 0 Å². The van der Waals surface area contributed by atoms with Gasteiger partial charge in [-0.25, -0.2) is 0 Å². The Labute approximate surface area is 86.6 Å². The number of aryl methyl sites for hydroxylation is 1. The van der Waals surface area contributed by atoms with Crippen molar-refractivity contribution in [2.75, 3.05) is 0 Å². The lowest BCUT2D eigenvalue weighted by molar-refractivity contribution is 0.717. The second-order valence-corrected chi connectivity index (χ2v) is 3.86. The Kier molecular flexibility index (Phi) is 3.90. The van der Waals surface area contributed by atoms with Crippen LogP contribution in [0.5, 0.6) is 0 Å². The van der Waals surface area contributed by atoms with Crippen LogP contribution >= 0.6 is 0 Å². The number of hydrogen-bond donors (Lipinski definition) is 1. The summed E-state index contributed by atoms with van der Waals surface area (Å²) in [6.45, 7) is 8.04. The Bertz CT molecular complexity index is 298. The average Bonchev–Trinajstić information content (AvgIpc) is 2.17. The number of benzene rings is 1. The van der Waals surface area contributed by atoms with Crippen LogP contribution < -0.4 is 5.73 Å². The van der Waals surface area contributed by atoms with Crippen LogP contribution in [0.1, 0.15) is 37.4 Å². The summed E-state index contributed by atoms with van der Waals surface area (Å²) in [7, 11) is 0. The van der Waals surface area contributed by atoms with E-state index >= 15 is 0 Å². The van der Waals surface area contributed by atoms with Crippen molar-refractivity contribution in [2.45, 2.75) is 32.7 Å². The first-order valence-corrected chi connectivity index (χ1v) is 5.12. The smallest absolute Gasteiger partial charge is 0.0332 e. The third kappa shape index (κ3) is 3.00. The minimum Gasteiger partial charge on any atom is -0.324 e. The Morgan fingerprint density at radius 1 is 1.36 bits per heavy atom. The van der Waals surface area contributed by atoms with Gasteiger partial charge in [0, 0.05) is 6.04 Å². The maximum Gasteiger partial charge on any atom is 0.0332 e. The lowest BCUT2D eigenvalue weighted by Crippen LogP contribution is -2.10. The summed E-state index contributed by atoms with van der Waals surface area (Å²) in [5, 5.41) is 0. The van der Waals surface area contributed by atoms with Crippen molar-refractivity contribution in [1.29, 1.82) is 0 Å². The van der Waals surface area contributed by atoms with Crippen LogP contribution in [0.3, 0.4) is 0 Å². The molecule has 0 saturated heterocycles. The highest BCUT2D eigenvalue weighted by Gasteiger charge is 2.05. The molecule has 0 aliphatic carbocycles. The summed E-state index contributed by atoms with van der Waals surface area (Å²) in [5.74, 6) is 0. The average molecular weight is 189 g/mol. The van der Waals surface area contributed by atoms with Gasteiger partial charge < -0.3 is 5.73 Å². The number of nitrogens with two attached hydrogens (primary N) is 1. The van der Waals surface area contributed by atoms with Gasteiger partial charge in [-0.05, 0) is 30.9 Å². The van der Waals surface area contributed by atoms with Crippen molar-refractivity contribution >= 4 is 0 Å². The second-order valence-electron chi connectivity index (χ2n) is 3.86. The summed E-state index contributed by atoms with van der Waals surface area (Å²) in [5.41, 5.74) is 9.72. The summed E-state index contributed by atoms with van der Waals surface area (Å²) in [6.07, 6.45) is 1.95. The van der Waals surface area contributed by atoms with Crippen LogP contribution in [0, 0.1) is 0 Å². The fraction of sp³-hybridized carbons (Fsp3) is 0.385. The standard InChI is InChI=1S/C13H19N/c1-4-11-5-7-12(8-6-11)13(14)9-10(2)3/h5-8,13H,2,4,9,14H2,1,3H3/t13-/m0/s1. The zero-order valence-electron chi connectivity index (χ0n) is 9.09. The van der Waals surface area contributed by atoms with Crippen molar-refractivity contribution < 1.29 is 0 Å². The molecule has 0 saturated carbocycles. The lowest BCUT2D eigenvalue weighted by Gasteiger charge is -2.12. The van der Waals surface area contributed by atoms with Gasteiger partial charge in [0.15, 0.2) is 0 Å². The maximum atomic E-state index is 6.03. The summed E-state index contributed by atoms with van der Waals surface area (Å²) in [6, 6.07) is 8.62. The minimum absolute atomic E-state index is 0.0957. The third-order valence-electron chi connectivity index (χ3n) is 2.38. The fourth-order valence-electron chi connectivity index (χ4n) is 1.49. The van der Waals surface area contributed by atoms with Crippen molar-refractivity contribution in [3.63, 3.8) is 0 Å². The highest BCUT2D eigenvalue weighted by atomic mass is 14.6. The van der Waals surface area contributed by atoms with E-state index in [4.69, 9.17) is 5.73 Å². The van der Waals surface area contributed by atoms with Crippen LogP contribution in [-0.2, 0) is 6.42 Å². The molecule has 0 aliphatic rings. The van der Waals surface area contributed by atoms with E-state index in [1.165, 1.54) is 11.1 Å². The molecule has 0 spiro atoms. The molecule has 1 nitrogen and oxygen atoms in total. The van der Waals surface area contributed by atoms with Gasteiger partial charge in [-0.3, -0.25) is 0 Å². The van der Waals surface area contributed by atoms with Crippen LogP contribution in [-0.4, -0.2) is 0 Å². The van der Waals surface area contributed by atoms with Crippen LogP contribution in [0.2, 0.25) is 0 Å². The molecule has 0 fully saturated rings. The molecule has 1 heteroatoms. The topological polar surface area (TPSA) is 26.0 Å². The molecule has 1 aromatic rings. The van der Waals surface area contributed by atoms with E-state index in [1.54, 1.807) is 0 Å². The van der Waals surface area contributed by atoms with Gasteiger partial charge in [-0.2, -0.15) is 0 Å². The molecule has 2 N–H and O–H groups in total. The Balaban J connectivity index is 2.71. The highest BCUT2D eigenvalue weighted by Crippen LogP contribution is 2.18.